The number of nitrogens with one attached hydrogen (secondary N) is 1. The van der Waals surface area contributed by atoms with Crippen LogP contribution in [-0.4, -0.2) is 24.3 Å². The third-order valence-electron chi connectivity index (χ3n) is 4.79. The molecule has 0 spiro atoms. The maximum atomic E-state index is 14.0. The van der Waals surface area contributed by atoms with Gasteiger partial charge in [0, 0.05) is 5.56 Å². The van der Waals surface area contributed by atoms with Gasteiger partial charge in [-0.2, -0.15) is 13.2 Å². The average Bonchev–Trinajstić information content (AvgIpc) is 2.75. The summed E-state index contributed by atoms with van der Waals surface area (Å²) in [6.45, 7) is 0. The number of aliphatic hydroxyl groups is 1. The van der Waals surface area contributed by atoms with Crippen LogP contribution in [0, 0.1) is 0 Å². The normalized spacial score (nSPS) is 13.3. The van der Waals surface area contributed by atoms with Crippen LogP contribution in [0.25, 0.3) is 0 Å². The second kappa shape index (κ2) is 8.90. The molecule has 5 nitrogen and oxygen atoms in total. The first kappa shape index (κ1) is 23.7. The van der Waals surface area contributed by atoms with Gasteiger partial charge in [0.25, 0.3) is 5.91 Å². The third-order valence-corrected chi connectivity index (χ3v) is 5.39. The molecule has 0 fully saturated rings. The Kier molecular flexibility index (Phi) is 6.59. The molecule has 32 heavy (non-hydrogen) atoms. The lowest BCUT2D eigenvalue weighted by Crippen LogP contribution is -2.43. The number of methoxy groups -OCH3 is 1. The van der Waals surface area contributed by atoms with Crippen molar-refractivity contribution in [1.82, 2.24) is 0 Å². The number of amides is 1. The quantitative estimate of drug-likeness (QED) is 0.409. The van der Waals surface area contributed by atoms with Crippen LogP contribution in [0.3, 0.4) is 0 Å². The highest BCUT2D eigenvalue weighted by molar-refractivity contribution is 6.40. The van der Waals surface area contributed by atoms with E-state index < -0.39 is 28.8 Å². The van der Waals surface area contributed by atoms with Crippen LogP contribution in [0.1, 0.15) is 21.5 Å². The van der Waals surface area contributed by atoms with Gasteiger partial charge in [-0.1, -0.05) is 59.6 Å². The molecule has 0 saturated heterocycles. The number of hydrogen-bond donors (Lipinski definition) is 3. The van der Waals surface area contributed by atoms with Crippen LogP contribution in [0.2, 0.25) is 10.0 Å². The molecule has 10 heteroatoms. The van der Waals surface area contributed by atoms with E-state index >= 15 is 0 Å². The molecule has 0 aliphatic carbocycles. The van der Waals surface area contributed by atoms with E-state index in [9.17, 15) is 23.1 Å². The molecular formula is C22H17Cl2F3N2O3. The number of ether oxygens (including phenoxy) is 1. The molecule has 1 amide bonds. The van der Waals surface area contributed by atoms with E-state index in [1.165, 1.54) is 43.5 Å². The van der Waals surface area contributed by atoms with Gasteiger partial charge in [0.15, 0.2) is 5.75 Å². The predicted molar refractivity (Wildman–Crippen MR) is 117 cm³/mol. The first-order chi connectivity index (χ1) is 15.0. The van der Waals surface area contributed by atoms with Crippen molar-refractivity contribution in [2.24, 2.45) is 0 Å². The predicted octanol–water partition coefficient (Wildman–Crippen LogP) is 5.63. The minimum atomic E-state index is -5.08. The number of carbonyl (C=O) groups is 1. The van der Waals surface area contributed by atoms with Crippen molar-refractivity contribution < 1.29 is 27.8 Å². The maximum Gasteiger partial charge on any atom is 0.425 e. The van der Waals surface area contributed by atoms with E-state index in [1.54, 1.807) is 0 Å². The topological polar surface area (TPSA) is 84.6 Å². The Morgan fingerprint density at radius 1 is 1.00 bits per heavy atom. The van der Waals surface area contributed by atoms with Gasteiger partial charge in [0.2, 0.25) is 5.60 Å². The summed E-state index contributed by atoms with van der Waals surface area (Å²) < 4.78 is 47.0. The monoisotopic (exact) mass is 484 g/mol. The zero-order valence-corrected chi connectivity index (χ0v) is 18.0. The number of rotatable bonds is 5. The molecule has 3 aromatic rings. The Bertz CT molecular complexity index is 1130. The van der Waals surface area contributed by atoms with E-state index in [2.05, 4.69) is 5.32 Å². The lowest BCUT2D eigenvalue weighted by atomic mass is 9.85. The number of para-hydroxylation sites is 1. The Balaban J connectivity index is 2.05. The van der Waals surface area contributed by atoms with E-state index in [1.807, 2.05) is 0 Å². The maximum absolute atomic E-state index is 14.0. The highest BCUT2D eigenvalue weighted by Gasteiger charge is 2.56. The average molecular weight is 485 g/mol. The number of benzene rings is 3. The van der Waals surface area contributed by atoms with Gasteiger partial charge in [-0.15, -0.1) is 0 Å². The molecule has 3 rings (SSSR count). The molecule has 0 radical (unpaired) electrons. The first-order valence-electron chi connectivity index (χ1n) is 9.08. The number of nitrogen functional groups attached to an aromatic ring is 1. The van der Waals surface area contributed by atoms with Gasteiger partial charge in [-0.05, 0) is 29.8 Å². The Labute approximate surface area is 191 Å². The van der Waals surface area contributed by atoms with E-state index in [4.69, 9.17) is 33.7 Å². The fourth-order valence-corrected chi connectivity index (χ4v) is 3.80. The number of alkyl halides is 3. The largest absolute Gasteiger partial charge is 0.494 e. The number of nitrogens with two attached hydrogens (primary N) is 1. The van der Waals surface area contributed by atoms with E-state index in [0.29, 0.717) is 0 Å². The van der Waals surface area contributed by atoms with Gasteiger partial charge in [0.1, 0.15) is 0 Å². The van der Waals surface area contributed by atoms with E-state index in [-0.39, 0.29) is 32.7 Å². The molecule has 0 heterocycles. The van der Waals surface area contributed by atoms with Crippen LogP contribution in [-0.2, 0) is 5.60 Å². The Hall–Kier alpha value is -2.94. The van der Waals surface area contributed by atoms with Gasteiger partial charge in [-0.3, -0.25) is 4.79 Å². The Morgan fingerprint density at radius 3 is 2.12 bits per heavy atom. The molecule has 168 valence electrons. The van der Waals surface area contributed by atoms with Gasteiger partial charge in [-0.25, -0.2) is 0 Å². The zero-order valence-electron chi connectivity index (χ0n) is 16.5. The molecule has 1 atom stereocenters. The van der Waals surface area contributed by atoms with E-state index in [0.717, 1.165) is 24.3 Å². The lowest BCUT2D eigenvalue weighted by Gasteiger charge is -2.32. The van der Waals surface area contributed by atoms with Crippen molar-refractivity contribution in [1.29, 1.82) is 0 Å². The first-order valence-corrected chi connectivity index (χ1v) is 9.84. The number of carbonyl (C=O) groups excluding carboxylic acids is 1. The van der Waals surface area contributed by atoms with Crippen molar-refractivity contribution in [3.05, 3.63) is 87.4 Å². The van der Waals surface area contributed by atoms with Crippen molar-refractivity contribution >= 4 is 40.5 Å². The molecule has 0 aromatic heterocycles. The van der Waals surface area contributed by atoms with Crippen LogP contribution in [0.5, 0.6) is 5.75 Å². The van der Waals surface area contributed by atoms with Gasteiger partial charge < -0.3 is 20.9 Å². The summed E-state index contributed by atoms with van der Waals surface area (Å²) in [7, 11) is 1.33. The molecule has 3 aromatic carbocycles. The summed E-state index contributed by atoms with van der Waals surface area (Å²) in [5.41, 5.74) is 1.55. The SMILES string of the molecule is COc1c(N)cccc1C(=O)Nc1c(Cl)cc(C(O)(c2ccccc2)C(F)(F)F)cc1Cl. The molecule has 4 N–H and O–H groups in total. The van der Waals surface area contributed by atoms with Gasteiger partial charge >= 0.3 is 6.18 Å². The molecule has 0 aliphatic heterocycles. The summed E-state index contributed by atoms with van der Waals surface area (Å²) in [6.07, 6.45) is -5.08. The number of halogens is 5. The molecular weight excluding hydrogens is 468 g/mol. The van der Waals surface area contributed by atoms with Crippen molar-refractivity contribution in [2.75, 3.05) is 18.2 Å². The van der Waals surface area contributed by atoms with Crippen LogP contribution >= 0.6 is 23.2 Å². The summed E-state index contributed by atoms with van der Waals surface area (Å²) >= 11 is 12.4. The van der Waals surface area contributed by atoms with Crippen LogP contribution < -0.4 is 15.8 Å². The smallest absolute Gasteiger partial charge is 0.425 e. The second-order valence-corrected chi connectivity index (χ2v) is 7.59. The molecule has 0 saturated carbocycles. The molecule has 1 unspecified atom stereocenters. The summed E-state index contributed by atoms with van der Waals surface area (Å²) in [5.74, 6) is -0.579. The molecule has 0 aliphatic rings. The van der Waals surface area contributed by atoms with Crippen molar-refractivity contribution in [3.8, 4) is 5.75 Å². The van der Waals surface area contributed by atoms with Crippen LogP contribution in [0.15, 0.2) is 60.7 Å². The summed E-state index contributed by atoms with van der Waals surface area (Å²) in [5, 5.41) is 12.6. The second-order valence-electron chi connectivity index (χ2n) is 6.77. The summed E-state index contributed by atoms with van der Waals surface area (Å²) in [6, 6.07) is 12.8. The van der Waals surface area contributed by atoms with Gasteiger partial charge in [0.05, 0.1) is 34.1 Å². The Morgan fingerprint density at radius 2 is 1.59 bits per heavy atom. The number of hydrogen-bond acceptors (Lipinski definition) is 4. The lowest BCUT2D eigenvalue weighted by molar-refractivity contribution is -0.248. The fourth-order valence-electron chi connectivity index (χ4n) is 3.22. The van der Waals surface area contributed by atoms with Crippen LogP contribution in [0.4, 0.5) is 24.5 Å². The highest BCUT2D eigenvalue weighted by Crippen LogP contribution is 2.47. The summed E-state index contributed by atoms with van der Waals surface area (Å²) in [4.78, 5) is 12.7. The van der Waals surface area contributed by atoms with Crippen molar-refractivity contribution in [3.63, 3.8) is 0 Å². The fraction of sp³-hybridized carbons (Fsp3) is 0.136. The zero-order chi connectivity index (χ0) is 23.7. The number of anilines is 2. The minimum absolute atomic E-state index is 0.0693. The highest BCUT2D eigenvalue weighted by atomic mass is 35.5. The third kappa shape index (κ3) is 4.21. The molecule has 0 bridgehead atoms. The van der Waals surface area contributed by atoms with Crippen molar-refractivity contribution in [2.45, 2.75) is 11.8 Å². The standard InChI is InChI=1S/C22H17Cl2F3N2O3/c1-32-19-14(8-5-9-17(19)28)20(30)29-18-15(23)10-13(11-16(18)24)21(31,22(25,26)27)12-6-3-2-4-7-12/h2-11,31H,28H2,1H3,(H,29,30). The minimum Gasteiger partial charge on any atom is -0.494 e.